The van der Waals surface area contributed by atoms with Crippen LogP contribution in [0.5, 0.6) is 0 Å². The van der Waals surface area contributed by atoms with E-state index in [9.17, 15) is 9.59 Å². The van der Waals surface area contributed by atoms with Crippen molar-refractivity contribution >= 4 is 17.5 Å². The van der Waals surface area contributed by atoms with Crippen LogP contribution in [0, 0.1) is 24.6 Å². The van der Waals surface area contributed by atoms with Crippen molar-refractivity contribution in [3.63, 3.8) is 0 Å². The second kappa shape index (κ2) is 12.2. The Morgan fingerprint density at radius 1 is 1.10 bits per heavy atom. The van der Waals surface area contributed by atoms with E-state index < -0.39 is 17.3 Å². The lowest BCUT2D eigenvalue weighted by molar-refractivity contribution is -0.125. The molecule has 0 radical (unpaired) electrons. The smallest absolute Gasteiger partial charge is 0.274 e. The van der Waals surface area contributed by atoms with Crippen molar-refractivity contribution in [2.24, 2.45) is 17.6 Å². The predicted molar refractivity (Wildman–Crippen MR) is 161 cm³/mol. The number of nitrogens with one attached hydrogen (secondary N) is 2. The van der Waals surface area contributed by atoms with E-state index in [-0.39, 0.29) is 23.2 Å². The molecule has 4 aromatic rings. The highest BCUT2D eigenvalue weighted by atomic mass is 19.1. The van der Waals surface area contributed by atoms with E-state index in [0.29, 0.717) is 35.8 Å². The van der Waals surface area contributed by atoms with Gasteiger partial charge in [-0.3, -0.25) is 14.6 Å². The number of amides is 2. The lowest BCUT2D eigenvalue weighted by Crippen LogP contribution is -2.48. The summed E-state index contributed by atoms with van der Waals surface area (Å²) in [6, 6.07) is 17.5. The van der Waals surface area contributed by atoms with Crippen molar-refractivity contribution in [2.75, 3.05) is 5.32 Å². The van der Waals surface area contributed by atoms with E-state index in [4.69, 9.17) is 5.73 Å². The van der Waals surface area contributed by atoms with Gasteiger partial charge in [-0.05, 0) is 73.2 Å². The summed E-state index contributed by atoms with van der Waals surface area (Å²) < 4.78 is 16.9. The Balaban J connectivity index is 1.54. The molecule has 218 valence electrons. The highest BCUT2D eigenvalue weighted by Gasteiger charge is 2.39. The number of aryl methyl sites for hydroxylation is 1. The topological polar surface area (TPSA) is 115 Å². The van der Waals surface area contributed by atoms with Crippen LogP contribution in [0.25, 0.3) is 5.69 Å². The van der Waals surface area contributed by atoms with E-state index in [1.807, 2.05) is 50.2 Å². The highest BCUT2D eigenvalue weighted by molar-refractivity contribution is 6.03. The molecule has 2 aromatic carbocycles. The van der Waals surface area contributed by atoms with Gasteiger partial charge in [0.05, 0.1) is 22.6 Å². The Kier molecular flexibility index (Phi) is 8.49. The lowest BCUT2D eigenvalue weighted by atomic mass is 9.78. The van der Waals surface area contributed by atoms with Crippen LogP contribution in [0.2, 0.25) is 0 Å². The van der Waals surface area contributed by atoms with Crippen LogP contribution < -0.4 is 16.4 Å². The summed E-state index contributed by atoms with van der Waals surface area (Å²) in [5.74, 6) is -0.886. The van der Waals surface area contributed by atoms with Crippen LogP contribution in [0.15, 0.2) is 73.1 Å². The van der Waals surface area contributed by atoms with E-state index in [1.165, 1.54) is 10.7 Å². The molecule has 42 heavy (non-hydrogen) atoms. The number of hydrogen-bond acceptors (Lipinski definition) is 5. The van der Waals surface area contributed by atoms with Crippen molar-refractivity contribution in [3.05, 3.63) is 107 Å². The minimum atomic E-state index is -0.952. The number of carbonyl (C=O) groups excluding carboxylic acids is 2. The molecular weight excluding hydrogens is 531 g/mol. The minimum absolute atomic E-state index is 0.0112. The first-order chi connectivity index (χ1) is 20.2. The largest absolute Gasteiger partial charge is 0.342 e. The third-order valence-corrected chi connectivity index (χ3v) is 7.80. The average molecular weight is 569 g/mol. The van der Waals surface area contributed by atoms with Crippen molar-refractivity contribution in [3.8, 4) is 5.69 Å². The van der Waals surface area contributed by atoms with Crippen LogP contribution in [-0.2, 0) is 16.9 Å². The van der Waals surface area contributed by atoms with Crippen molar-refractivity contribution in [2.45, 2.75) is 58.5 Å². The van der Waals surface area contributed by atoms with Gasteiger partial charge in [0.2, 0.25) is 5.91 Å². The number of carbonyl (C=O) groups is 2. The van der Waals surface area contributed by atoms with E-state index in [0.717, 1.165) is 30.4 Å². The number of hydrogen-bond donors (Lipinski definition) is 3. The van der Waals surface area contributed by atoms with Gasteiger partial charge in [-0.2, -0.15) is 5.10 Å². The third-order valence-electron chi connectivity index (χ3n) is 7.80. The second-order valence-corrected chi connectivity index (χ2v) is 11.4. The number of aromatic nitrogens is 3. The average Bonchev–Trinajstić information content (AvgIpc) is 3.75. The number of pyridine rings is 1. The van der Waals surface area contributed by atoms with E-state index in [2.05, 4.69) is 20.7 Å². The van der Waals surface area contributed by atoms with E-state index in [1.54, 1.807) is 37.5 Å². The van der Waals surface area contributed by atoms with Crippen LogP contribution in [0.4, 0.5) is 10.1 Å². The number of nitrogens with two attached hydrogens (primary N) is 1. The number of benzene rings is 2. The van der Waals surface area contributed by atoms with E-state index >= 15 is 4.39 Å². The van der Waals surface area contributed by atoms with Gasteiger partial charge in [0.15, 0.2) is 0 Å². The zero-order valence-electron chi connectivity index (χ0n) is 24.2. The molecule has 0 saturated heterocycles. The number of rotatable bonds is 11. The number of nitrogens with zero attached hydrogens (tertiary/aromatic N) is 3. The molecular formula is C33H37FN6O2. The summed E-state index contributed by atoms with van der Waals surface area (Å²) in [7, 11) is 0. The monoisotopic (exact) mass is 568 g/mol. The molecule has 1 fully saturated rings. The summed E-state index contributed by atoms with van der Waals surface area (Å²) >= 11 is 0. The minimum Gasteiger partial charge on any atom is -0.342 e. The quantitative estimate of drug-likeness (QED) is 0.217. The Morgan fingerprint density at radius 3 is 2.60 bits per heavy atom. The number of halogens is 1. The number of anilines is 1. The van der Waals surface area contributed by atoms with Crippen LogP contribution in [0.3, 0.4) is 0 Å². The Hall–Kier alpha value is -4.37. The predicted octanol–water partition coefficient (Wildman–Crippen LogP) is 5.63. The Morgan fingerprint density at radius 2 is 1.90 bits per heavy atom. The molecule has 2 amide bonds. The molecule has 2 aromatic heterocycles. The molecule has 4 N–H and O–H groups in total. The van der Waals surface area contributed by atoms with Crippen LogP contribution >= 0.6 is 0 Å². The van der Waals surface area contributed by atoms with Gasteiger partial charge in [-0.1, -0.05) is 51.0 Å². The summed E-state index contributed by atoms with van der Waals surface area (Å²) in [6.07, 6.45) is 7.26. The lowest BCUT2D eigenvalue weighted by Gasteiger charge is -2.37. The second-order valence-electron chi connectivity index (χ2n) is 11.4. The molecule has 0 aliphatic heterocycles. The van der Waals surface area contributed by atoms with Gasteiger partial charge in [-0.25, -0.2) is 9.07 Å². The third kappa shape index (κ3) is 6.26. The highest BCUT2D eigenvalue weighted by Crippen LogP contribution is 2.42. The molecule has 0 bridgehead atoms. The van der Waals surface area contributed by atoms with Crippen molar-refractivity contribution in [1.29, 1.82) is 0 Å². The van der Waals surface area contributed by atoms with Crippen molar-refractivity contribution in [1.82, 2.24) is 20.1 Å². The molecule has 1 aliphatic rings. The normalized spacial score (nSPS) is 14.4. The molecule has 0 spiro atoms. The van der Waals surface area contributed by atoms with Crippen molar-refractivity contribution < 1.29 is 14.0 Å². The fourth-order valence-electron chi connectivity index (χ4n) is 5.21. The maximum atomic E-state index is 15.3. The van der Waals surface area contributed by atoms with Gasteiger partial charge < -0.3 is 16.4 Å². The first-order valence-electron chi connectivity index (χ1n) is 14.4. The van der Waals surface area contributed by atoms with Crippen LogP contribution in [-0.4, -0.2) is 26.6 Å². The summed E-state index contributed by atoms with van der Waals surface area (Å²) in [4.78, 5) is 31.2. The first-order valence-corrected chi connectivity index (χ1v) is 14.4. The molecule has 2 heterocycles. The van der Waals surface area contributed by atoms with Gasteiger partial charge >= 0.3 is 0 Å². The summed E-state index contributed by atoms with van der Waals surface area (Å²) in [5, 5.41) is 10.6. The molecule has 8 nitrogen and oxygen atoms in total. The fourth-order valence-corrected chi connectivity index (χ4v) is 5.21. The van der Waals surface area contributed by atoms with Gasteiger partial charge in [0.25, 0.3) is 5.91 Å². The first kappa shape index (κ1) is 29.1. The zero-order chi connectivity index (χ0) is 29.9. The summed E-state index contributed by atoms with van der Waals surface area (Å²) in [5.41, 5.74) is 8.82. The fraction of sp³-hybridized carbons (Fsp3) is 0.333. The SMILES string of the molecule is Cc1cc(C(=O)Nc2cc(C(CCC3CC3)(NC(=O)C(C)C)c3cccnc3)ccc2F)n(-c2cccc(CN)c2)n1. The maximum Gasteiger partial charge on any atom is 0.274 e. The molecule has 1 atom stereocenters. The zero-order valence-corrected chi connectivity index (χ0v) is 24.2. The van der Waals surface area contributed by atoms with Gasteiger partial charge in [-0.15, -0.1) is 0 Å². The molecule has 1 saturated carbocycles. The molecule has 9 heteroatoms. The Bertz CT molecular complexity index is 1580. The maximum absolute atomic E-state index is 15.3. The van der Waals surface area contributed by atoms with Crippen LogP contribution in [0.1, 0.15) is 72.4 Å². The molecule has 5 rings (SSSR count). The van der Waals surface area contributed by atoms with Gasteiger partial charge in [0, 0.05) is 30.4 Å². The molecule has 1 unspecified atom stereocenters. The molecule has 1 aliphatic carbocycles. The summed E-state index contributed by atoms with van der Waals surface area (Å²) in [6.45, 7) is 5.82. The van der Waals surface area contributed by atoms with Gasteiger partial charge in [0.1, 0.15) is 11.5 Å². The Labute approximate surface area is 245 Å². The standard InChI is InChI=1S/C33H37FN6O2/c1-21(2)31(41)38-33(14-13-23-9-10-23,26-7-5-15-36-20-26)25-11-12-28(34)29(18-25)37-32(42)30-16-22(3)39-40(30)27-8-4-6-24(17-27)19-35/h4-8,11-12,15-18,20-21,23H,9-10,13-14,19,35H2,1-3H3,(H,37,42)(H,38,41).